The summed E-state index contributed by atoms with van der Waals surface area (Å²) in [6, 6.07) is 0. The molecule has 1 fully saturated rings. The number of nitrogens with zero attached hydrogens (tertiary/aromatic N) is 3. The van der Waals surface area contributed by atoms with Crippen molar-refractivity contribution in [2.45, 2.75) is 25.7 Å². The number of rotatable bonds is 6. The standard InChI is InChI=1S/C16H23N3O2/c1-3-10-21-17-15(13-19-9-5-7-16(19)20)11-14-6-4-8-18(2)12-14/h1,6H,4-5,7-13H2,2H3/b17-15+. The molecular weight excluding hydrogens is 266 g/mol. The summed E-state index contributed by atoms with van der Waals surface area (Å²) in [5, 5.41) is 4.15. The van der Waals surface area contributed by atoms with E-state index in [-0.39, 0.29) is 12.5 Å². The minimum absolute atomic E-state index is 0.163. The average molecular weight is 289 g/mol. The summed E-state index contributed by atoms with van der Waals surface area (Å²) in [6.45, 7) is 3.56. The number of amides is 1. The van der Waals surface area contributed by atoms with Crippen LogP contribution in [0.15, 0.2) is 16.8 Å². The van der Waals surface area contributed by atoms with Crippen molar-refractivity contribution >= 4 is 11.6 Å². The lowest BCUT2D eigenvalue weighted by molar-refractivity contribution is -0.127. The first-order chi connectivity index (χ1) is 10.2. The van der Waals surface area contributed by atoms with Gasteiger partial charge < -0.3 is 14.6 Å². The molecule has 5 heteroatoms. The molecule has 0 spiro atoms. The second-order valence-corrected chi connectivity index (χ2v) is 5.62. The van der Waals surface area contributed by atoms with Crippen LogP contribution in [-0.2, 0) is 9.63 Å². The Morgan fingerprint density at radius 1 is 1.52 bits per heavy atom. The van der Waals surface area contributed by atoms with E-state index in [1.54, 1.807) is 0 Å². The maximum Gasteiger partial charge on any atom is 0.222 e. The van der Waals surface area contributed by atoms with Crippen molar-refractivity contribution in [3.8, 4) is 12.3 Å². The highest BCUT2D eigenvalue weighted by Crippen LogP contribution is 2.15. The highest BCUT2D eigenvalue weighted by molar-refractivity contribution is 5.91. The Bertz CT molecular complexity index is 476. The van der Waals surface area contributed by atoms with Gasteiger partial charge in [-0.05, 0) is 19.9 Å². The van der Waals surface area contributed by atoms with Crippen molar-refractivity contribution < 1.29 is 9.63 Å². The Labute approximate surface area is 126 Å². The minimum atomic E-state index is 0.163. The van der Waals surface area contributed by atoms with E-state index >= 15 is 0 Å². The van der Waals surface area contributed by atoms with Crippen LogP contribution >= 0.6 is 0 Å². The molecule has 0 N–H and O–H groups in total. The van der Waals surface area contributed by atoms with Crippen molar-refractivity contribution in [1.82, 2.24) is 9.80 Å². The molecule has 0 radical (unpaired) electrons. The second-order valence-electron chi connectivity index (χ2n) is 5.62. The molecule has 0 bridgehead atoms. The normalized spacial score (nSPS) is 20.4. The Morgan fingerprint density at radius 2 is 2.38 bits per heavy atom. The van der Waals surface area contributed by atoms with Gasteiger partial charge in [0.2, 0.25) is 5.91 Å². The molecule has 2 heterocycles. The van der Waals surface area contributed by atoms with Crippen molar-refractivity contribution in [2.75, 3.05) is 39.8 Å². The summed E-state index contributed by atoms with van der Waals surface area (Å²) >= 11 is 0. The quantitative estimate of drug-likeness (QED) is 0.243. The maximum absolute atomic E-state index is 11.8. The van der Waals surface area contributed by atoms with Crippen molar-refractivity contribution in [1.29, 1.82) is 0 Å². The van der Waals surface area contributed by atoms with E-state index in [9.17, 15) is 4.79 Å². The molecule has 0 aromatic heterocycles. The zero-order valence-electron chi connectivity index (χ0n) is 12.7. The lowest BCUT2D eigenvalue weighted by Crippen LogP contribution is -2.32. The van der Waals surface area contributed by atoms with Gasteiger partial charge in [-0.1, -0.05) is 22.7 Å². The molecule has 0 aromatic rings. The van der Waals surface area contributed by atoms with Gasteiger partial charge in [0.05, 0.1) is 12.3 Å². The third-order valence-electron chi connectivity index (χ3n) is 3.73. The topological polar surface area (TPSA) is 45.1 Å². The van der Waals surface area contributed by atoms with E-state index in [2.05, 4.69) is 29.1 Å². The van der Waals surface area contributed by atoms with Crippen molar-refractivity contribution in [3.05, 3.63) is 11.6 Å². The van der Waals surface area contributed by atoms with Gasteiger partial charge in [0.1, 0.15) is 0 Å². The lowest BCUT2D eigenvalue weighted by atomic mass is 10.0. The number of terminal acetylenes is 1. The van der Waals surface area contributed by atoms with E-state index in [4.69, 9.17) is 11.3 Å². The van der Waals surface area contributed by atoms with Gasteiger partial charge in [0.15, 0.2) is 6.61 Å². The molecule has 2 rings (SSSR count). The highest BCUT2D eigenvalue weighted by Gasteiger charge is 2.22. The molecule has 2 aliphatic rings. The maximum atomic E-state index is 11.8. The summed E-state index contributed by atoms with van der Waals surface area (Å²) in [5.74, 6) is 2.61. The Hall–Kier alpha value is -1.80. The van der Waals surface area contributed by atoms with Crippen LogP contribution in [0.1, 0.15) is 25.7 Å². The first kappa shape index (κ1) is 15.6. The van der Waals surface area contributed by atoms with E-state index in [0.29, 0.717) is 13.0 Å². The summed E-state index contributed by atoms with van der Waals surface area (Å²) < 4.78 is 0. The molecule has 0 atom stereocenters. The number of likely N-dealkylation sites (tertiary alicyclic amines) is 1. The van der Waals surface area contributed by atoms with Crippen LogP contribution in [0.4, 0.5) is 0 Å². The van der Waals surface area contributed by atoms with Gasteiger partial charge in [0, 0.05) is 32.5 Å². The van der Waals surface area contributed by atoms with Gasteiger partial charge in [-0.25, -0.2) is 0 Å². The number of oxime groups is 1. The molecule has 114 valence electrons. The van der Waals surface area contributed by atoms with E-state index in [1.165, 1.54) is 5.57 Å². The monoisotopic (exact) mass is 289 g/mol. The van der Waals surface area contributed by atoms with Crippen LogP contribution in [0.3, 0.4) is 0 Å². The zero-order valence-corrected chi connectivity index (χ0v) is 12.7. The fourth-order valence-electron chi connectivity index (χ4n) is 2.74. The molecule has 0 saturated carbocycles. The Morgan fingerprint density at radius 3 is 3.05 bits per heavy atom. The number of hydrogen-bond donors (Lipinski definition) is 0. The summed E-state index contributed by atoms with van der Waals surface area (Å²) in [6.07, 6.45) is 10.8. The van der Waals surface area contributed by atoms with E-state index < -0.39 is 0 Å². The minimum Gasteiger partial charge on any atom is -0.383 e. The lowest BCUT2D eigenvalue weighted by Gasteiger charge is -2.24. The Kier molecular flexibility index (Phi) is 5.82. The fourth-order valence-corrected chi connectivity index (χ4v) is 2.74. The Balaban J connectivity index is 1.98. The van der Waals surface area contributed by atoms with Gasteiger partial charge in [-0.3, -0.25) is 4.79 Å². The number of likely N-dealkylation sites (N-methyl/N-ethyl adjacent to an activating group) is 1. The highest BCUT2D eigenvalue weighted by atomic mass is 16.6. The van der Waals surface area contributed by atoms with Crippen molar-refractivity contribution in [2.24, 2.45) is 5.16 Å². The van der Waals surface area contributed by atoms with Crippen LogP contribution in [0.2, 0.25) is 0 Å². The number of hydrogen-bond acceptors (Lipinski definition) is 4. The summed E-state index contributed by atoms with van der Waals surface area (Å²) in [4.78, 5) is 21.0. The smallest absolute Gasteiger partial charge is 0.222 e. The largest absolute Gasteiger partial charge is 0.383 e. The first-order valence-corrected chi connectivity index (χ1v) is 7.44. The SMILES string of the molecule is C#CCO/N=C(\CC1=CCCN(C)C1)CN1CCCC1=O. The van der Waals surface area contributed by atoms with Gasteiger partial charge in [-0.2, -0.15) is 0 Å². The van der Waals surface area contributed by atoms with E-state index in [1.807, 2.05) is 4.90 Å². The van der Waals surface area contributed by atoms with Crippen molar-refractivity contribution in [3.63, 3.8) is 0 Å². The molecule has 5 nitrogen and oxygen atoms in total. The van der Waals surface area contributed by atoms with Crippen LogP contribution in [0.25, 0.3) is 0 Å². The van der Waals surface area contributed by atoms with Gasteiger partial charge in [-0.15, -0.1) is 6.42 Å². The average Bonchev–Trinajstić information content (AvgIpc) is 2.84. The van der Waals surface area contributed by atoms with Gasteiger partial charge in [0.25, 0.3) is 0 Å². The molecule has 0 unspecified atom stereocenters. The van der Waals surface area contributed by atoms with Crippen LogP contribution < -0.4 is 0 Å². The van der Waals surface area contributed by atoms with Gasteiger partial charge >= 0.3 is 0 Å². The molecule has 0 aromatic carbocycles. The molecule has 2 aliphatic heterocycles. The number of carbonyl (C=O) groups is 1. The molecular formula is C16H23N3O2. The van der Waals surface area contributed by atoms with Crippen LogP contribution in [0.5, 0.6) is 0 Å². The summed E-state index contributed by atoms with van der Waals surface area (Å²) in [7, 11) is 2.11. The molecule has 1 saturated heterocycles. The molecule has 1 amide bonds. The van der Waals surface area contributed by atoms with Crippen LogP contribution in [-0.4, -0.2) is 61.3 Å². The predicted octanol–water partition coefficient (Wildman–Crippen LogP) is 1.27. The summed E-state index contributed by atoms with van der Waals surface area (Å²) in [5.41, 5.74) is 2.21. The zero-order chi connectivity index (χ0) is 15.1. The van der Waals surface area contributed by atoms with Crippen LogP contribution in [0, 0.1) is 12.3 Å². The molecule has 21 heavy (non-hydrogen) atoms. The predicted molar refractivity (Wildman–Crippen MR) is 82.8 cm³/mol. The third-order valence-corrected chi connectivity index (χ3v) is 3.73. The number of carbonyl (C=O) groups excluding carboxylic acids is 1. The molecule has 0 aliphatic carbocycles. The fraction of sp³-hybridized carbons (Fsp3) is 0.625. The third kappa shape index (κ3) is 4.91. The first-order valence-electron chi connectivity index (χ1n) is 7.44. The second kappa shape index (κ2) is 7.84. The van der Waals surface area contributed by atoms with E-state index in [0.717, 1.165) is 44.6 Å².